The number of carbonyl (C=O) groups is 2. The number of rotatable bonds is 6. The number of carboxylic acids is 1. The molecule has 10 nitrogen and oxygen atoms in total. The summed E-state index contributed by atoms with van der Waals surface area (Å²) in [4.78, 5) is 36.1. The first-order valence-electron chi connectivity index (χ1n) is 5.13. The summed E-state index contributed by atoms with van der Waals surface area (Å²) in [5.41, 5.74) is 2.17. The molecule has 0 spiro atoms. The zero-order valence-corrected chi connectivity index (χ0v) is 10.2. The summed E-state index contributed by atoms with van der Waals surface area (Å²) in [5.74, 6) is -1.90. The molecule has 0 radical (unpaired) electrons. The number of nitro groups is 1. The van der Waals surface area contributed by atoms with E-state index in [0.29, 0.717) is 0 Å². The molecule has 0 bridgehead atoms. The Morgan fingerprint density at radius 1 is 1.53 bits per heavy atom. The Kier molecular flexibility index (Phi) is 4.53. The van der Waals surface area contributed by atoms with E-state index < -0.39 is 23.4 Å². The number of hydrogen-bond acceptors (Lipinski definition) is 6. The first kappa shape index (κ1) is 14.6. The summed E-state index contributed by atoms with van der Waals surface area (Å²) < 4.78 is 1.15. The van der Waals surface area contributed by atoms with Crippen molar-refractivity contribution in [1.82, 2.24) is 15.3 Å². The number of carboxylic acid groups (broad SMARTS) is 1. The number of nitrogens with one attached hydrogen (secondary N) is 1. The maximum atomic E-state index is 11.4. The molecule has 1 aromatic rings. The van der Waals surface area contributed by atoms with Gasteiger partial charge in [0.1, 0.15) is 17.9 Å². The van der Waals surface area contributed by atoms with Crippen LogP contribution in [0.15, 0.2) is 0 Å². The van der Waals surface area contributed by atoms with Crippen LogP contribution in [0.25, 0.3) is 0 Å². The predicted molar refractivity (Wildman–Crippen MR) is 60.1 cm³/mol. The van der Waals surface area contributed by atoms with Crippen LogP contribution in [0.1, 0.15) is 11.4 Å². The molecule has 1 aromatic heterocycles. The average molecular weight is 272 g/mol. The summed E-state index contributed by atoms with van der Waals surface area (Å²) in [6.07, 6.45) is 0. The fraction of sp³-hybridized carbons (Fsp3) is 0.444. The number of hydrogen-bond donors (Lipinski definition) is 2. The topological polar surface area (TPSA) is 137 Å². The van der Waals surface area contributed by atoms with E-state index in [-0.39, 0.29) is 23.6 Å². The van der Waals surface area contributed by atoms with E-state index in [0.717, 1.165) is 4.68 Å². The Morgan fingerprint density at radius 3 is 2.63 bits per heavy atom. The minimum absolute atomic E-state index is 0.153. The van der Waals surface area contributed by atoms with E-state index in [9.17, 15) is 19.7 Å². The molecule has 0 aliphatic carbocycles. The van der Waals surface area contributed by atoms with E-state index in [1.165, 1.54) is 13.8 Å². The lowest BCUT2D eigenvalue weighted by Gasteiger charge is -2.04. The molecule has 0 saturated heterocycles. The molecule has 104 valence electrons. The Bertz CT molecular complexity index is 523. The van der Waals surface area contributed by atoms with E-state index in [4.69, 9.17) is 5.11 Å². The third kappa shape index (κ3) is 3.74. The highest BCUT2D eigenvalue weighted by molar-refractivity contribution is 5.75. The van der Waals surface area contributed by atoms with E-state index in [1.54, 1.807) is 0 Å². The molecular formula is C9H12N4O6. The number of hydroxylamine groups is 1. The van der Waals surface area contributed by atoms with Crippen LogP contribution in [0.3, 0.4) is 0 Å². The van der Waals surface area contributed by atoms with Gasteiger partial charge >= 0.3 is 11.7 Å². The average Bonchev–Trinajstić information content (AvgIpc) is 2.53. The lowest BCUT2D eigenvalue weighted by Crippen LogP contribution is -2.30. The minimum Gasteiger partial charge on any atom is -0.479 e. The van der Waals surface area contributed by atoms with Crippen molar-refractivity contribution < 1.29 is 24.5 Å². The fourth-order valence-electron chi connectivity index (χ4n) is 1.45. The maximum absolute atomic E-state index is 11.4. The maximum Gasteiger partial charge on any atom is 0.332 e. The van der Waals surface area contributed by atoms with Crippen LogP contribution in [-0.4, -0.2) is 38.3 Å². The van der Waals surface area contributed by atoms with Gasteiger partial charge in [0.15, 0.2) is 6.61 Å². The Labute approximate surface area is 107 Å². The molecule has 0 aliphatic heterocycles. The smallest absolute Gasteiger partial charge is 0.332 e. The molecule has 19 heavy (non-hydrogen) atoms. The Balaban J connectivity index is 2.67. The van der Waals surface area contributed by atoms with Gasteiger partial charge in [-0.05, 0) is 13.8 Å². The van der Waals surface area contributed by atoms with Crippen LogP contribution in [0.2, 0.25) is 0 Å². The van der Waals surface area contributed by atoms with Crippen LogP contribution in [0.4, 0.5) is 5.69 Å². The van der Waals surface area contributed by atoms with Crippen molar-refractivity contribution >= 4 is 17.6 Å². The zero-order valence-electron chi connectivity index (χ0n) is 10.2. The number of amides is 1. The molecule has 0 aromatic carbocycles. The summed E-state index contributed by atoms with van der Waals surface area (Å²) in [6, 6.07) is 0. The first-order valence-corrected chi connectivity index (χ1v) is 5.13. The fourth-order valence-corrected chi connectivity index (χ4v) is 1.45. The summed E-state index contributed by atoms with van der Waals surface area (Å²) in [6.45, 7) is 1.94. The van der Waals surface area contributed by atoms with E-state index >= 15 is 0 Å². The number of aromatic nitrogens is 2. The second-order valence-electron chi connectivity index (χ2n) is 3.64. The van der Waals surface area contributed by atoms with Crippen molar-refractivity contribution in [2.75, 3.05) is 6.61 Å². The number of carbonyl (C=O) groups excluding carboxylic acids is 1. The third-order valence-electron chi connectivity index (χ3n) is 2.20. The Morgan fingerprint density at radius 2 is 2.16 bits per heavy atom. The van der Waals surface area contributed by atoms with Gasteiger partial charge in [-0.2, -0.15) is 5.10 Å². The monoisotopic (exact) mass is 272 g/mol. The van der Waals surface area contributed by atoms with Crippen LogP contribution in [-0.2, 0) is 21.0 Å². The van der Waals surface area contributed by atoms with Gasteiger partial charge in [0.2, 0.25) is 0 Å². The summed E-state index contributed by atoms with van der Waals surface area (Å²) in [7, 11) is 0. The molecule has 1 amide bonds. The zero-order chi connectivity index (χ0) is 14.6. The van der Waals surface area contributed by atoms with Crippen LogP contribution in [0.5, 0.6) is 0 Å². The summed E-state index contributed by atoms with van der Waals surface area (Å²) >= 11 is 0. The quantitative estimate of drug-likeness (QED) is 0.528. The molecule has 0 atom stereocenters. The van der Waals surface area contributed by atoms with Crippen molar-refractivity contribution in [3.63, 3.8) is 0 Å². The second kappa shape index (κ2) is 5.91. The predicted octanol–water partition coefficient (Wildman–Crippen LogP) is -0.459. The summed E-state index contributed by atoms with van der Waals surface area (Å²) in [5, 5.41) is 22.9. The number of nitrogens with zero attached hydrogens (tertiary/aromatic N) is 3. The van der Waals surface area contributed by atoms with Crippen molar-refractivity contribution in [1.29, 1.82) is 0 Å². The van der Waals surface area contributed by atoms with Crippen molar-refractivity contribution in [3.05, 3.63) is 21.5 Å². The van der Waals surface area contributed by atoms with Gasteiger partial charge in [-0.1, -0.05) is 0 Å². The normalized spacial score (nSPS) is 10.2. The molecule has 1 heterocycles. The van der Waals surface area contributed by atoms with Crippen molar-refractivity contribution in [2.45, 2.75) is 20.4 Å². The van der Waals surface area contributed by atoms with Crippen LogP contribution in [0, 0.1) is 24.0 Å². The highest BCUT2D eigenvalue weighted by atomic mass is 16.7. The third-order valence-corrected chi connectivity index (χ3v) is 2.20. The molecule has 0 saturated carbocycles. The standard InChI is InChI=1S/C9H12N4O6/c1-5-9(13(17)18)6(2)12(10-5)3-7(14)11-19-4-8(15)16/h3-4H2,1-2H3,(H,11,14)(H,15,16). The SMILES string of the molecule is Cc1nn(CC(=O)NOCC(=O)O)c(C)c1[N+](=O)[O-]. The first-order chi connectivity index (χ1) is 8.82. The van der Waals surface area contributed by atoms with Crippen LogP contribution >= 0.6 is 0 Å². The largest absolute Gasteiger partial charge is 0.479 e. The molecule has 2 N–H and O–H groups in total. The van der Waals surface area contributed by atoms with Gasteiger partial charge in [-0.15, -0.1) is 0 Å². The molecule has 1 rings (SSSR count). The van der Waals surface area contributed by atoms with Crippen LogP contribution < -0.4 is 5.48 Å². The number of aryl methyl sites for hydroxylation is 1. The van der Waals surface area contributed by atoms with Gasteiger partial charge in [0.05, 0.1) is 4.92 Å². The molecule has 0 unspecified atom stereocenters. The molecule has 0 fully saturated rings. The van der Waals surface area contributed by atoms with Crippen molar-refractivity contribution in [2.24, 2.45) is 0 Å². The lowest BCUT2D eigenvalue weighted by molar-refractivity contribution is -0.386. The Hall–Kier alpha value is -2.49. The number of aliphatic carboxylic acids is 1. The highest BCUT2D eigenvalue weighted by Gasteiger charge is 2.22. The molecule has 0 aliphatic rings. The second-order valence-corrected chi connectivity index (χ2v) is 3.64. The van der Waals surface area contributed by atoms with Gasteiger partial charge in [-0.3, -0.25) is 24.4 Å². The van der Waals surface area contributed by atoms with Gasteiger partial charge in [0.25, 0.3) is 5.91 Å². The van der Waals surface area contributed by atoms with Gasteiger partial charge < -0.3 is 5.11 Å². The van der Waals surface area contributed by atoms with Gasteiger partial charge in [-0.25, -0.2) is 10.3 Å². The highest BCUT2D eigenvalue weighted by Crippen LogP contribution is 2.21. The molecular weight excluding hydrogens is 260 g/mol. The van der Waals surface area contributed by atoms with E-state index in [1.807, 2.05) is 5.48 Å². The van der Waals surface area contributed by atoms with E-state index in [2.05, 4.69) is 9.94 Å². The van der Waals surface area contributed by atoms with Crippen molar-refractivity contribution in [3.8, 4) is 0 Å². The minimum atomic E-state index is -1.23. The lowest BCUT2D eigenvalue weighted by atomic mass is 10.3. The van der Waals surface area contributed by atoms with Gasteiger partial charge in [0, 0.05) is 0 Å². The molecule has 10 heteroatoms.